The highest BCUT2D eigenvalue weighted by Crippen LogP contribution is 2.35. The number of piperidine rings is 1. The predicted molar refractivity (Wildman–Crippen MR) is 96.4 cm³/mol. The molecular weight excluding hydrogens is 322 g/mol. The Balaban J connectivity index is 1.80. The summed E-state index contributed by atoms with van der Waals surface area (Å²) >= 11 is 0. The molecule has 138 valence electrons. The van der Waals surface area contributed by atoms with Crippen LogP contribution in [0.25, 0.3) is 0 Å². The average Bonchev–Trinajstić information content (AvgIpc) is 2.51. The highest BCUT2D eigenvalue weighted by Gasteiger charge is 2.32. The molecule has 1 N–H and O–H groups in total. The number of benzene rings is 1. The number of nitrogens with one attached hydrogen (secondary N) is 1. The molecule has 0 amide bonds. The second-order valence-electron chi connectivity index (χ2n) is 7.16. The largest absolute Gasteiger partial charge is 0.484 e. The number of ether oxygens (including phenoxy) is 2. The molecule has 2 aliphatic rings. The zero-order valence-electron chi connectivity index (χ0n) is 15.1. The Labute approximate surface area is 148 Å². The maximum atomic E-state index is 11.3. The maximum Gasteiger partial charge on any atom is 0.311 e. The van der Waals surface area contributed by atoms with Gasteiger partial charge in [-0.2, -0.15) is 0 Å². The van der Waals surface area contributed by atoms with Gasteiger partial charge in [0, 0.05) is 36.4 Å². The molecule has 2 fully saturated rings. The molecule has 0 aliphatic carbocycles. The number of nitro benzene ring substituents is 1. The molecule has 2 saturated heterocycles. The van der Waals surface area contributed by atoms with Crippen molar-refractivity contribution in [3.63, 3.8) is 0 Å². The Morgan fingerprint density at radius 2 is 2.16 bits per heavy atom. The minimum Gasteiger partial charge on any atom is -0.484 e. The first-order valence-corrected chi connectivity index (χ1v) is 9.01. The van der Waals surface area contributed by atoms with E-state index >= 15 is 0 Å². The summed E-state index contributed by atoms with van der Waals surface area (Å²) in [7, 11) is 0. The van der Waals surface area contributed by atoms with Crippen LogP contribution < -0.4 is 15.0 Å². The van der Waals surface area contributed by atoms with Gasteiger partial charge in [-0.15, -0.1) is 0 Å². The third-order valence-corrected chi connectivity index (χ3v) is 4.91. The van der Waals surface area contributed by atoms with E-state index < -0.39 is 0 Å². The molecule has 0 spiro atoms. The topological polar surface area (TPSA) is 76.9 Å². The third kappa shape index (κ3) is 4.04. The van der Waals surface area contributed by atoms with Crippen molar-refractivity contribution in [1.29, 1.82) is 0 Å². The summed E-state index contributed by atoms with van der Waals surface area (Å²) in [4.78, 5) is 13.2. The van der Waals surface area contributed by atoms with Crippen LogP contribution in [0.5, 0.6) is 5.75 Å². The van der Waals surface area contributed by atoms with Gasteiger partial charge in [-0.3, -0.25) is 10.1 Å². The Morgan fingerprint density at radius 3 is 2.76 bits per heavy atom. The van der Waals surface area contributed by atoms with Crippen LogP contribution in [0.4, 0.5) is 11.4 Å². The fraction of sp³-hybridized carbons (Fsp3) is 0.667. The molecule has 7 nitrogen and oxygen atoms in total. The van der Waals surface area contributed by atoms with Crippen molar-refractivity contribution >= 4 is 11.4 Å². The first kappa shape index (κ1) is 17.9. The van der Waals surface area contributed by atoms with Gasteiger partial charge in [0.25, 0.3) is 0 Å². The van der Waals surface area contributed by atoms with Crippen LogP contribution in [-0.2, 0) is 4.74 Å². The monoisotopic (exact) mass is 349 g/mol. The number of nitro groups is 1. The van der Waals surface area contributed by atoms with Crippen LogP contribution in [0.3, 0.4) is 0 Å². The Morgan fingerprint density at radius 1 is 1.40 bits per heavy atom. The van der Waals surface area contributed by atoms with E-state index in [2.05, 4.69) is 17.1 Å². The minimum absolute atomic E-state index is 0.0170. The number of nitrogens with zero attached hydrogens (tertiary/aromatic N) is 2. The number of rotatable bonds is 6. The average molecular weight is 349 g/mol. The number of anilines is 1. The summed E-state index contributed by atoms with van der Waals surface area (Å²) < 4.78 is 10.9. The van der Waals surface area contributed by atoms with Gasteiger partial charge < -0.3 is 19.7 Å². The highest BCUT2D eigenvalue weighted by atomic mass is 16.6. The predicted octanol–water partition coefficient (Wildman–Crippen LogP) is 2.73. The molecule has 2 heterocycles. The lowest BCUT2D eigenvalue weighted by atomic mass is 9.95. The Bertz CT molecular complexity index is 618. The summed E-state index contributed by atoms with van der Waals surface area (Å²) in [6, 6.07) is 6.34. The lowest BCUT2D eigenvalue weighted by molar-refractivity contribution is -0.386. The standard InChI is InChI=1S/C18H27N3O4/c1-12(2)25-18-9-15(6-7-17(18)21(22)23)20-8-4-5-16(13(20)3)19-14-10-24-11-14/h6-7,9,12-14,16,19H,4-5,8,10-11H2,1-3H3. The molecule has 3 rings (SSSR count). The van der Waals surface area contributed by atoms with Crippen LogP contribution in [0.2, 0.25) is 0 Å². The first-order valence-electron chi connectivity index (χ1n) is 9.01. The van der Waals surface area contributed by atoms with E-state index in [1.54, 1.807) is 6.07 Å². The SMILES string of the molecule is CC(C)Oc1cc(N2CCCC(NC3COC3)C2C)ccc1[N+](=O)[O-]. The van der Waals surface area contributed by atoms with Gasteiger partial charge in [0.1, 0.15) is 0 Å². The zero-order valence-corrected chi connectivity index (χ0v) is 15.1. The molecule has 0 radical (unpaired) electrons. The van der Waals surface area contributed by atoms with Gasteiger partial charge in [0.2, 0.25) is 0 Å². The van der Waals surface area contributed by atoms with Crippen molar-refractivity contribution in [2.24, 2.45) is 0 Å². The van der Waals surface area contributed by atoms with Gasteiger partial charge in [-0.25, -0.2) is 0 Å². The fourth-order valence-electron chi connectivity index (χ4n) is 3.55. The van der Waals surface area contributed by atoms with E-state index in [1.165, 1.54) is 0 Å². The molecule has 25 heavy (non-hydrogen) atoms. The second kappa shape index (κ2) is 7.58. The minimum atomic E-state index is -0.387. The summed E-state index contributed by atoms with van der Waals surface area (Å²) in [6.45, 7) is 8.47. The molecule has 2 unspecified atom stereocenters. The summed E-state index contributed by atoms with van der Waals surface area (Å²) in [5.41, 5.74) is 0.994. The molecule has 0 saturated carbocycles. The second-order valence-corrected chi connectivity index (χ2v) is 7.16. The molecular formula is C18H27N3O4. The lowest BCUT2D eigenvalue weighted by Gasteiger charge is -2.44. The van der Waals surface area contributed by atoms with Crippen LogP contribution in [0.1, 0.15) is 33.6 Å². The van der Waals surface area contributed by atoms with Crippen LogP contribution in [0.15, 0.2) is 18.2 Å². The van der Waals surface area contributed by atoms with E-state index in [0.717, 1.165) is 38.3 Å². The maximum absolute atomic E-state index is 11.3. The van der Waals surface area contributed by atoms with Crippen molar-refractivity contribution in [1.82, 2.24) is 5.32 Å². The van der Waals surface area contributed by atoms with Crippen molar-refractivity contribution in [3.8, 4) is 5.75 Å². The normalized spacial score (nSPS) is 24.2. The summed E-state index contributed by atoms with van der Waals surface area (Å²) in [5.74, 6) is 0.340. The molecule has 0 bridgehead atoms. The Hall–Kier alpha value is -1.86. The molecule has 2 atom stereocenters. The van der Waals surface area contributed by atoms with Gasteiger partial charge >= 0.3 is 5.69 Å². The van der Waals surface area contributed by atoms with Gasteiger partial charge in [0.15, 0.2) is 5.75 Å². The summed E-state index contributed by atoms with van der Waals surface area (Å²) in [6.07, 6.45) is 2.12. The van der Waals surface area contributed by atoms with Gasteiger partial charge in [0.05, 0.1) is 30.3 Å². The smallest absolute Gasteiger partial charge is 0.311 e. The fourth-order valence-corrected chi connectivity index (χ4v) is 3.55. The molecule has 1 aromatic carbocycles. The zero-order chi connectivity index (χ0) is 18.0. The summed E-state index contributed by atoms with van der Waals surface area (Å²) in [5, 5.41) is 14.9. The van der Waals surface area contributed by atoms with E-state index in [0.29, 0.717) is 23.9 Å². The van der Waals surface area contributed by atoms with Crippen LogP contribution in [-0.4, -0.2) is 48.9 Å². The quantitative estimate of drug-likeness (QED) is 0.628. The van der Waals surface area contributed by atoms with Crippen molar-refractivity contribution < 1.29 is 14.4 Å². The van der Waals surface area contributed by atoms with E-state index in [4.69, 9.17) is 9.47 Å². The van der Waals surface area contributed by atoms with Crippen molar-refractivity contribution in [2.75, 3.05) is 24.7 Å². The molecule has 2 aliphatic heterocycles. The molecule has 1 aromatic rings. The van der Waals surface area contributed by atoms with Crippen molar-refractivity contribution in [3.05, 3.63) is 28.3 Å². The molecule has 7 heteroatoms. The third-order valence-electron chi connectivity index (χ3n) is 4.91. The number of hydrogen-bond acceptors (Lipinski definition) is 6. The molecule has 0 aromatic heterocycles. The van der Waals surface area contributed by atoms with Gasteiger partial charge in [-0.05, 0) is 39.7 Å². The Kier molecular flexibility index (Phi) is 5.44. The van der Waals surface area contributed by atoms with E-state index in [9.17, 15) is 10.1 Å². The van der Waals surface area contributed by atoms with Gasteiger partial charge in [-0.1, -0.05) is 0 Å². The van der Waals surface area contributed by atoms with Crippen molar-refractivity contribution in [2.45, 2.75) is 57.8 Å². The van der Waals surface area contributed by atoms with E-state index in [1.807, 2.05) is 26.0 Å². The highest BCUT2D eigenvalue weighted by molar-refractivity contribution is 5.60. The van der Waals surface area contributed by atoms with Crippen LogP contribution >= 0.6 is 0 Å². The number of hydrogen-bond donors (Lipinski definition) is 1. The first-order chi connectivity index (χ1) is 12.0. The lowest BCUT2D eigenvalue weighted by Crippen LogP contribution is -2.59. The van der Waals surface area contributed by atoms with E-state index in [-0.39, 0.29) is 16.7 Å². The van der Waals surface area contributed by atoms with Crippen LogP contribution in [0, 0.1) is 10.1 Å².